The highest BCUT2D eigenvalue weighted by Crippen LogP contribution is 2.31. The van der Waals surface area contributed by atoms with Gasteiger partial charge in [-0.1, -0.05) is 15.9 Å². The second kappa shape index (κ2) is 5.72. The quantitative estimate of drug-likeness (QED) is 0.921. The Hall–Kier alpha value is -2.39. The van der Waals surface area contributed by atoms with Gasteiger partial charge in [-0.25, -0.2) is 9.18 Å². The molecule has 0 unspecified atom stereocenters. The minimum Gasteiger partial charge on any atom is -0.478 e. The van der Waals surface area contributed by atoms with Gasteiger partial charge in [0.15, 0.2) is 0 Å². The van der Waals surface area contributed by atoms with Gasteiger partial charge in [0.1, 0.15) is 28.9 Å². The largest absolute Gasteiger partial charge is 0.478 e. The Morgan fingerprint density at radius 2 is 2.00 bits per heavy atom. The first kappa shape index (κ1) is 14.0. The summed E-state index contributed by atoms with van der Waals surface area (Å²) >= 11 is 3.22. The molecule has 0 aromatic heterocycles. The van der Waals surface area contributed by atoms with Crippen molar-refractivity contribution in [3.8, 4) is 17.6 Å². The number of nitrogens with zero attached hydrogens (tertiary/aromatic N) is 1. The van der Waals surface area contributed by atoms with E-state index in [1.54, 1.807) is 6.07 Å². The molecule has 0 bridgehead atoms. The molecule has 0 atom stereocenters. The lowest BCUT2D eigenvalue weighted by atomic mass is 10.2. The molecule has 0 aliphatic carbocycles. The molecule has 2 aromatic carbocycles. The summed E-state index contributed by atoms with van der Waals surface area (Å²) in [5.74, 6) is -1.88. The standard InChI is InChI=1S/C14H7BrFNO3/c15-9-2-1-8(7-17)12(5-9)20-13-6-10(16)3-4-11(13)14(18)19/h1-6H,(H,18,19). The Morgan fingerprint density at radius 1 is 1.25 bits per heavy atom. The maximum absolute atomic E-state index is 13.2. The SMILES string of the molecule is N#Cc1ccc(Br)cc1Oc1cc(F)ccc1C(=O)O. The highest BCUT2D eigenvalue weighted by molar-refractivity contribution is 9.10. The first-order valence-corrected chi connectivity index (χ1v) is 6.21. The number of nitriles is 1. The fraction of sp³-hybridized carbons (Fsp3) is 0. The molecule has 1 N–H and O–H groups in total. The molecular formula is C14H7BrFNO3. The van der Waals surface area contributed by atoms with Crippen LogP contribution in [-0.2, 0) is 0 Å². The number of hydrogen-bond acceptors (Lipinski definition) is 3. The first-order chi connectivity index (χ1) is 9.51. The predicted octanol–water partition coefficient (Wildman–Crippen LogP) is 3.95. The van der Waals surface area contributed by atoms with Crippen LogP contribution in [0.5, 0.6) is 11.5 Å². The van der Waals surface area contributed by atoms with Crippen molar-refractivity contribution < 1.29 is 19.0 Å². The Bertz CT molecular complexity index is 725. The molecule has 2 rings (SSSR count). The summed E-state index contributed by atoms with van der Waals surface area (Å²) in [5, 5.41) is 18.0. The van der Waals surface area contributed by atoms with Crippen LogP contribution < -0.4 is 4.74 Å². The molecule has 0 spiro atoms. The number of carboxylic acid groups (broad SMARTS) is 1. The molecule has 4 nitrogen and oxygen atoms in total. The number of hydrogen-bond donors (Lipinski definition) is 1. The van der Waals surface area contributed by atoms with E-state index in [9.17, 15) is 9.18 Å². The van der Waals surface area contributed by atoms with Crippen LogP contribution in [0.1, 0.15) is 15.9 Å². The second-order valence-electron chi connectivity index (χ2n) is 3.80. The molecule has 0 heterocycles. The van der Waals surface area contributed by atoms with Crippen LogP contribution in [0.2, 0.25) is 0 Å². The van der Waals surface area contributed by atoms with Crippen molar-refractivity contribution in [3.05, 3.63) is 57.8 Å². The van der Waals surface area contributed by atoms with E-state index in [0.717, 1.165) is 18.2 Å². The molecule has 0 saturated heterocycles. The van der Waals surface area contributed by atoms with E-state index in [1.807, 2.05) is 6.07 Å². The average Bonchev–Trinajstić information content (AvgIpc) is 2.38. The lowest BCUT2D eigenvalue weighted by Crippen LogP contribution is -2.01. The summed E-state index contributed by atoms with van der Waals surface area (Å²) in [6.07, 6.45) is 0. The van der Waals surface area contributed by atoms with Crippen LogP contribution in [0.15, 0.2) is 40.9 Å². The van der Waals surface area contributed by atoms with Gasteiger partial charge in [-0.15, -0.1) is 0 Å². The molecule has 0 amide bonds. The highest BCUT2D eigenvalue weighted by atomic mass is 79.9. The van der Waals surface area contributed by atoms with Crippen LogP contribution in [0.25, 0.3) is 0 Å². The number of halogens is 2. The third kappa shape index (κ3) is 2.95. The number of rotatable bonds is 3. The van der Waals surface area contributed by atoms with E-state index in [-0.39, 0.29) is 22.6 Å². The molecular weight excluding hydrogens is 329 g/mol. The summed E-state index contributed by atoms with van der Waals surface area (Å²) in [6, 6.07) is 9.69. The van der Waals surface area contributed by atoms with E-state index < -0.39 is 11.8 Å². The van der Waals surface area contributed by atoms with Gasteiger partial charge in [0.05, 0.1) is 5.56 Å². The summed E-state index contributed by atoms with van der Waals surface area (Å²) in [7, 11) is 0. The van der Waals surface area contributed by atoms with Gasteiger partial charge in [0.25, 0.3) is 0 Å². The molecule has 0 fully saturated rings. The van der Waals surface area contributed by atoms with Crippen LogP contribution in [0.4, 0.5) is 4.39 Å². The molecule has 0 saturated carbocycles. The van der Waals surface area contributed by atoms with Gasteiger partial charge in [0.2, 0.25) is 0 Å². The van der Waals surface area contributed by atoms with Crippen molar-refractivity contribution in [2.75, 3.05) is 0 Å². The van der Waals surface area contributed by atoms with Crippen LogP contribution in [-0.4, -0.2) is 11.1 Å². The second-order valence-corrected chi connectivity index (χ2v) is 4.72. The smallest absolute Gasteiger partial charge is 0.339 e. The predicted molar refractivity (Wildman–Crippen MR) is 72.3 cm³/mol. The van der Waals surface area contributed by atoms with Gasteiger partial charge in [-0.05, 0) is 30.3 Å². The normalized spacial score (nSPS) is 9.85. The van der Waals surface area contributed by atoms with Gasteiger partial charge in [-0.2, -0.15) is 5.26 Å². The van der Waals surface area contributed by atoms with Crippen molar-refractivity contribution in [2.45, 2.75) is 0 Å². The van der Waals surface area contributed by atoms with Crippen LogP contribution in [0, 0.1) is 17.1 Å². The minimum atomic E-state index is -1.24. The van der Waals surface area contributed by atoms with Crippen molar-refractivity contribution in [1.29, 1.82) is 5.26 Å². The fourth-order valence-electron chi connectivity index (χ4n) is 1.55. The number of aromatic carboxylic acids is 1. The lowest BCUT2D eigenvalue weighted by Gasteiger charge is -2.10. The molecule has 20 heavy (non-hydrogen) atoms. The van der Waals surface area contributed by atoms with Crippen LogP contribution >= 0.6 is 15.9 Å². The van der Waals surface area contributed by atoms with Crippen molar-refractivity contribution >= 4 is 21.9 Å². The summed E-state index contributed by atoms with van der Waals surface area (Å²) in [6.45, 7) is 0. The topological polar surface area (TPSA) is 70.3 Å². The number of benzene rings is 2. The third-order valence-corrected chi connectivity index (χ3v) is 2.95. The molecule has 6 heteroatoms. The first-order valence-electron chi connectivity index (χ1n) is 5.41. The van der Waals surface area contributed by atoms with Crippen molar-refractivity contribution in [3.63, 3.8) is 0 Å². The average molecular weight is 336 g/mol. The summed E-state index contributed by atoms with van der Waals surface area (Å²) in [5.41, 5.74) is 0.0315. The zero-order valence-electron chi connectivity index (χ0n) is 9.93. The van der Waals surface area contributed by atoms with E-state index in [4.69, 9.17) is 15.1 Å². The van der Waals surface area contributed by atoms with Gasteiger partial charge >= 0.3 is 5.97 Å². The van der Waals surface area contributed by atoms with Gasteiger partial charge in [-0.3, -0.25) is 0 Å². The number of carbonyl (C=O) groups is 1. The molecule has 0 radical (unpaired) electrons. The summed E-state index contributed by atoms with van der Waals surface area (Å²) in [4.78, 5) is 11.1. The lowest BCUT2D eigenvalue weighted by molar-refractivity contribution is 0.0694. The molecule has 0 aliphatic rings. The molecule has 2 aromatic rings. The Balaban J connectivity index is 2.50. The zero-order valence-corrected chi connectivity index (χ0v) is 11.5. The van der Waals surface area contributed by atoms with Crippen LogP contribution in [0.3, 0.4) is 0 Å². The van der Waals surface area contributed by atoms with E-state index >= 15 is 0 Å². The van der Waals surface area contributed by atoms with E-state index in [0.29, 0.717) is 4.47 Å². The third-order valence-electron chi connectivity index (χ3n) is 2.46. The molecule has 100 valence electrons. The highest BCUT2D eigenvalue weighted by Gasteiger charge is 2.15. The monoisotopic (exact) mass is 335 g/mol. The Labute approximate surface area is 122 Å². The number of ether oxygens (including phenoxy) is 1. The van der Waals surface area contributed by atoms with Crippen molar-refractivity contribution in [2.24, 2.45) is 0 Å². The molecule has 0 aliphatic heterocycles. The van der Waals surface area contributed by atoms with Gasteiger partial charge < -0.3 is 9.84 Å². The van der Waals surface area contributed by atoms with Crippen molar-refractivity contribution in [1.82, 2.24) is 0 Å². The minimum absolute atomic E-state index is 0.148. The van der Waals surface area contributed by atoms with E-state index in [2.05, 4.69) is 15.9 Å². The Morgan fingerprint density at radius 3 is 2.65 bits per heavy atom. The Kier molecular flexibility index (Phi) is 4.01. The van der Waals surface area contributed by atoms with E-state index in [1.165, 1.54) is 12.1 Å². The fourth-order valence-corrected chi connectivity index (χ4v) is 1.89. The zero-order chi connectivity index (χ0) is 14.7. The maximum Gasteiger partial charge on any atom is 0.339 e. The van der Waals surface area contributed by atoms with Gasteiger partial charge in [0, 0.05) is 10.5 Å². The maximum atomic E-state index is 13.2. The number of carboxylic acids is 1. The summed E-state index contributed by atoms with van der Waals surface area (Å²) < 4.78 is 19.3.